The second-order valence-electron chi connectivity index (χ2n) is 6.34. The molecule has 0 bridgehead atoms. The van der Waals surface area contributed by atoms with E-state index in [1.165, 1.54) is 15.9 Å². The predicted octanol–water partition coefficient (Wildman–Crippen LogP) is 3.04. The molecule has 0 fully saturated rings. The smallest absolute Gasteiger partial charge is 0.338 e. The van der Waals surface area contributed by atoms with Gasteiger partial charge >= 0.3 is 5.97 Å². The number of rotatable bonds is 4. The number of benzene rings is 1. The first-order chi connectivity index (χ1) is 14.0. The zero-order chi connectivity index (χ0) is 20.5. The normalized spacial score (nSPS) is 16.5. The lowest BCUT2D eigenvalue weighted by atomic mass is 9.96. The van der Waals surface area contributed by atoms with Crippen LogP contribution in [-0.4, -0.2) is 17.1 Å². The number of carbonyl (C=O) groups excluding carboxylic acids is 1. The van der Waals surface area contributed by atoms with Gasteiger partial charge < -0.3 is 9.15 Å². The Morgan fingerprint density at radius 1 is 1.34 bits per heavy atom. The molecule has 0 amide bonds. The molecule has 2 aromatic heterocycles. The summed E-state index contributed by atoms with van der Waals surface area (Å²) in [7, 11) is 0. The summed E-state index contributed by atoms with van der Waals surface area (Å²) in [4.78, 5) is 31.1. The van der Waals surface area contributed by atoms with E-state index in [4.69, 9.17) is 20.8 Å². The number of allylic oxidation sites excluding steroid dienone is 1. The molecule has 8 heteroatoms. The highest BCUT2D eigenvalue weighted by molar-refractivity contribution is 7.07. The van der Waals surface area contributed by atoms with Gasteiger partial charge in [-0.25, -0.2) is 9.79 Å². The number of fused-ring (bicyclic) bond motifs is 1. The molecule has 3 heterocycles. The van der Waals surface area contributed by atoms with Crippen molar-refractivity contribution in [2.24, 2.45) is 4.99 Å². The Labute approximate surface area is 175 Å². The Balaban J connectivity index is 2.00. The SMILES string of the molecule is CCOC(=O)C1=C(C)N=c2s/c(=C/c3ccco3)c(=O)n2[C@@H]1c1ccccc1Cl. The molecule has 3 aromatic rings. The largest absolute Gasteiger partial charge is 0.465 e. The van der Waals surface area contributed by atoms with Crippen LogP contribution in [0.1, 0.15) is 31.2 Å². The molecule has 0 spiro atoms. The highest BCUT2D eigenvalue weighted by Gasteiger charge is 2.34. The van der Waals surface area contributed by atoms with Crippen LogP contribution in [0.2, 0.25) is 5.02 Å². The lowest BCUT2D eigenvalue weighted by Crippen LogP contribution is -2.40. The standard InChI is InChI=1S/C21H17ClN2O4S/c1-3-27-20(26)17-12(2)23-21-24(18(17)14-8-4-5-9-15(14)22)19(25)16(29-21)11-13-7-6-10-28-13/h4-11,18H,3H2,1-2H3/b16-11+/t18-/m1/s1. The molecule has 0 saturated heterocycles. The lowest BCUT2D eigenvalue weighted by molar-refractivity contribution is -0.139. The minimum atomic E-state index is -0.724. The topological polar surface area (TPSA) is 73.8 Å². The van der Waals surface area contributed by atoms with Gasteiger partial charge in [0.25, 0.3) is 5.56 Å². The van der Waals surface area contributed by atoms with Gasteiger partial charge in [-0.15, -0.1) is 0 Å². The van der Waals surface area contributed by atoms with E-state index < -0.39 is 12.0 Å². The van der Waals surface area contributed by atoms with Gasteiger partial charge in [0.1, 0.15) is 11.8 Å². The Hall–Kier alpha value is -2.90. The van der Waals surface area contributed by atoms with Gasteiger partial charge in [0.15, 0.2) is 4.80 Å². The Morgan fingerprint density at radius 3 is 2.83 bits per heavy atom. The van der Waals surface area contributed by atoms with Crippen LogP contribution in [-0.2, 0) is 9.53 Å². The van der Waals surface area contributed by atoms with Crippen molar-refractivity contribution in [2.45, 2.75) is 19.9 Å². The van der Waals surface area contributed by atoms with Crippen LogP contribution in [0.25, 0.3) is 6.08 Å². The number of nitrogens with zero attached hydrogens (tertiary/aromatic N) is 2. The van der Waals surface area contributed by atoms with Crippen LogP contribution in [0.3, 0.4) is 0 Å². The van der Waals surface area contributed by atoms with Crippen molar-refractivity contribution < 1.29 is 13.9 Å². The molecule has 4 rings (SSSR count). The second kappa shape index (κ2) is 7.85. The third-order valence-corrected chi connectivity index (χ3v) is 5.86. The molecule has 148 valence electrons. The number of thiazole rings is 1. The summed E-state index contributed by atoms with van der Waals surface area (Å²) < 4.78 is 12.5. The number of halogens is 1. The Bertz CT molecular complexity index is 1280. The average molecular weight is 429 g/mol. The molecule has 0 radical (unpaired) electrons. The van der Waals surface area contributed by atoms with Gasteiger partial charge in [-0.3, -0.25) is 9.36 Å². The molecule has 1 atom stereocenters. The predicted molar refractivity (Wildman–Crippen MR) is 111 cm³/mol. The van der Waals surface area contributed by atoms with E-state index in [1.807, 2.05) is 6.07 Å². The second-order valence-corrected chi connectivity index (χ2v) is 7.76. The Morgan fingerprint density at radius 2 is 2.14 bits per heavy atom. The molecule has 0 saturated carbocycles. The van der Waals surface area contributed by atoms with Gasteiger partial charge in [0, 0.05) is 11.1 Å². The third-order valence-electron chi connectivity index (χ3n) is 4.53. The van der Waals surface area contributed by atoms with Crippen molar-refractivity contribution in [3.05, 3.63) is 90.0 Å². The molecular formula is C21H17ClN2O4S. The van der Waals surface area contributed by atoms with Gasteiger partial charge in [-0.1, -0.05) is 41.1 Å². The van der Waals surface area contributed by atoms with E-state index in [2.05, 4.69) is 4.99 Å². The maximum atomic E-state index is 13.3. The summed E-state index contributed by atoms with van der Waals surface area (Å²) in [6, 6.07) is 9.93. The average Bonchev–Trinajstić information content (AvgIpc) is 3.30. The highest BCUT2D eigenvalue weighted by Crippen LogP contribution is 2.34. The van der Waals surface area contributed by atoms with Gasteiger partial charge in [-0.05, 0) is 37.6 Å². The van der Waals surface area contributed by atoms with E-state index >= 15 is 0 Å². The zero-order valence-corrected chi connectivity index (χ0v) is 17.3. The fourth-order valence-electron chi connectivity index (χ4n) is 3.29. The van der Waals surface area contributed by atoms with Crippen LogP contribution in [0.4, 0.5) is 0 Å². The lowest BCUT2D eigenvalue weighted by Gasteiger charge is -2.25. The minimum absolute atomic E-state index is 0.216. The zero-order valence-electron chi connectivity index (χ0n) is 15.7. The summed E-state index contributed by atoms with van der Waals surface area (Å²) in [6.45, 7) is 3.68. The first-order valence-electron chi connectivity index (χ1n) is 8.99. The first kappa shape index (κ1) is 19.4. The highest BCUT2D eigenvalue weighted by atomic mass is 35.5. The fraction of sp³-hybridized carbons (Fsp3) is 0.190. The van der Waals surface area contributed by atoms with E-state index in [9.17, 15) is 9.59 Å². The minimum Gasteiger partial charge on any atom is -0.465 e. The molecule has 0 N–H and O–H groups in total. The van der Waals surface area contributed by atoms with Crippen LogP contribution in [0, 0.1) is 0 Å². The summed E-state index contributed by atoms with van der Waals surface area (Å²) >= 11 is 7.69. The first-order valence-corrected chi connectivity index (χ1v) is 10.2. The summed E-state index contributed by atoms with van der Waals surface area (Å²) in [6.07, 6.45) is 3.20. The summed E-state index contributed by atoms with van der Waals surface area (Å²) in [5, 5.41) is 0.453. The molecule has 1 aromatic carbocycles. The van der Waals surface area contributed by atoms with Crippen molar-refractivity contribution in [2.75, 3.05) is 6.61 Å². The molecule has 0 unspecified atom stereocenters. The number of ether oxygens (including phenoxy) is 1. The summed E-state index contributed by atoms with van der Waals surface area (Å²) in [5.74, 6) is 0.0462. The molecule has 1 aliphatic rings. The van der Waals surface area contributed by atoms with Gasteiger partial charge in [0.05, 0.1) is 28.7 Å². The van der Waals surface area contributed by atoms with E-state index in [1.54, 1.807) is 56.5 Å². The van der Waals surface area contributed by atoms with Crippen LogP contribution in [0.15, 0.2) is 68.1 Å². The molecule has 1 aliphatic heterocycles. The van der Waals surface area contributed by atoms with Crippen molar-refractivity contribution in [1.82, 2.24) is 4.57 Å². The van der Waals surface area contributed by atoms with Gasteiger partial charge in [0.2, 0.25) is 0 Å². The van der Waals surface area contributed by atoms with Crippen LogP contribution in [0.5, 0.6) is 0 Å². The number of furan rings is 1. The van der Waals surface area contributed by atoms with E-state index in [0.717, 1.165) is 0 Å². The Kier molecular flexibility index (Phi) is 5.25. The number of hydrogen-bond acceptors (Lipinski definition) is 6. The maximum Gasteiger partial charge on any atom is 0.338 e. The molecule has 6 nitrogen and oxygen atoms in total. The van der Waals surface area contributed by atoms with E-state index in [-0.39, 0.29) is 12.2 Å². The quantitative estimate of drug-likeness (QED) is 0.599. The van der Waals surface area contributed by atoms with Gasteiger partial charge in [-0.2, -0.15) is 0 Å². The monoisotopic (exact) mass is 428 g/mol. The number of esters is 1. The van der Waals surface area contributed by atoms with Crippen LogP contribution >= 0.6 is 22.9 Å². The summed E-state index contributed by atoms with van der Waals surface area (Å²) in [5.41, 5.74) is 1.16. The number of hydrogen-bond donors (Lipinski definition) is 0. The number of carbonyl (C=O) groups is 1. The fourth-order valence-corrected chi connectivity index (χ4v) is 4.55. The third kappa shape index (κ3) is 3.47. The van der Waals surface area contributed by atoms with Crippen molar-refractivity contribution in [1.29, 1.82) is 0 Å². The van der Waals surface area contributed by atoms with Crippen LogP contribution < -0.4 is 14.9 Å². The maximum absolute atomic E-state index is 13.3. The van der Waals surface area contributed by atoms with E-state index in [0.29, 0.717) is 37.0 Å². The van der Waals surface area contributed by atoms with Crippen molar-refractivity contribution in [3.63, 3.8) is 0 Å². The van der Waals surface area contributed by atoms with Crippen molar-refractivity contribution >= 4 is 35.0 Å². The molecule has 29 heavy (non-hydrogen) atoms. The molecule has 0 aliphatic carbocycles. The molecular weight excluding hydrogens is 412 g/mol. The van der Waals surface area contributed by atoms with Crippen molar-refractivity contribution in [3.8, 4) is 0 Å². The number of aromatic nitrogens is 1.